The van der Waals surface area contributed by atoms with Gasteiger partial charge in [-0.15, -0.1) is 0 Å². The Morgan fingerprint density at radius 3 is 2.27 bits per heavy atom. The smallest absolute Gasteiger partial charge is 0.366 e. The standard InChI is InChI=1S/C27H39FN10O2/c1-25(2)11-16(12-26(3,4)37(25)7)31-22-18(21(29)39)14-30-23(33-22)32-20-10-19(38-24(40)36(6)34-35-38)17(15-8-9-15)13-27(20,5)28/h10,13-16,20H,8-9,11-12H2,1-7H3,(H2,29,39)(H2,30,31,32,33). The summed E-state index contributed by atoms with van der Waals surface area (Å²) >= 11 is 0. The molecule has 0 radical (unpaired) electrons. The van der Waals surface area contributed by atoms with E-state index in [4.69, 9.17) is 5.73 Å². The van der Waals surface area contributed by atoms with Crippen molar-refractivity contribution in [3.05, 3.63) is 40.0 Å². The minimum Gasteiger partial charge on any atom is -0.366 e. The Morgan fingerprint density at radius 2 is 1.73 bits per heavy atom. The minimum absolute atomic E-state index is 0.0160. The molecule has 40 heavy (non-hydrogen) atoms. The van der Waals surface area contributed by atoms with Crippen molar-refractivity contribution in [1.29, 1.82) is 0 Å². The number of nitrogens with one attached hydrogen (secondary N) is 2. The van der Waals surface area contributed by atoms with Crippen molar-refractivity contribution in [3.63, 3.8) is 0 Å². The van der Waals surface area contributed by atoms with Crippen LogP contribution in [0.3, 0.4) is 0 Å². The van der Waals surface area contributed by atoms with Crippen LogP contribution in [0.1, 0.15) is 70.7 Å². The molecular formula is C27H39FN10O2. The van der Waals surface area contributed by atoms with E-state index in [1.165, 1.54) is 24.9 Å². The summed E-state index contributed by atoms with van der Waals surface area (Å²) < 4.78 is 18.4. The Labute approximate surface area is 232 Å². The van der Waals surface area contributed by atoms with Gasteiger partial charge >= 0.3 is 5.69 Å². The number of amides is 1. The molecule has 2 aromatic heterocycles. The predicted octanol–water partition coefficient (Wildman–Crippen LogP) is 2.33. The van der Waals surface area contributed by atoms with Gasteiger partial charge in [-0.3, -0.25) is 9.69 Å². The maximum absolute atomic E-state index is 16.1. The maximum atomic E-state index is 16.1. The van der Waals surface area contributed by atoms with Crippen LogP contribution in [0.15, 0.2) is 28.7 Å². The predicted molar refractivity (Wildman–Crippen MR) is 150 cm³/mol. The van der Waals surface area contributed by atoms with Crippen molar-refractivity contribution in [2.45, 2.75) is 89.1 Å². The van der Waals surface area contributed by atoms with Gasteiger partial charge in [0.25, 0.3) is 5.91 Å². The van der Waals surface area contributed by atoms with E-state index in [0.29, 0.717) is 11.5 Å². The van der Waals surface area contributed by atoms with E-state index in [1.54, 1.807) is 12.2 Å². The van der Waals surface area contributed by atoms with Crippen LogP contribution >= 0.6 is 0 Å². The second kappa shape index (κ2) is 9.50. The Morgan fingerprint density at radius 1 is 1.07 bits per heavy atom. The van der Waals surface area contributed by atoms with Crippen molar-refractivity contribution >= 4 is 23.4 Å². The lowest BCUT2D eigenvalue weighted by Gasteiger charge is -2.53. The highest BCUT2D eigenvalue weighted by atomic mass is 19.1. The molecule has 1 saturated carbocycles. The Bertz CT molecular complexity index is 1430. The summed E-state index contributed by atoms with van der Waals surface area (Å²) in [4.78, 5) is 36.2. The van der Waals surface area contributed by atoms with Gasteiger partial charge in [-0.2, -0.15) is 14.3 Å². The number of carbonyl (C=O) groups is 1. The number of alkyl halides is 1. The zero-order chi connectivity index (χ0) is 29.2. The first-order valence-corrected chi connectivity index (χ1v) is 13.7. The number of nitrogens with zero attached hydrogens (tertiary/aromatic N) is 7. The molecule has 0 bridgehead atoms. The van der Waals surface area contributed by atoms with Crippen LogP contribution in [0.4, 0.5) is 16.2 Å². The average molecular weight is 555 g/mol. The van der Waals surface area contributed by atoms with Gasteiger partial charge in [-0.05, 0) is 101 Å². The molecule has 13 heteroatoms. The van der Waals surface area contributed by atoms with Gasteiger partial charge in [0.05, 0.1) is 17.3 Å². The molecule has 0 spiro atoms. The molecule has 1 amide bonds. The van der Waals surface area contributed by atoms with Crippen LogP contribution in [0.2, 0.25) is 0 Å². The monoisotopic (exact) mass is 554 g/mol. The van der Waals surface area contributed by atoms with Crippen molar-refractivity contribution in [2.75, 3.05) is 17.7 Å². The first kappa shape index (κ1) is 27.9. The summed E-state index contributed by atoms with van der Waals surface area (Å²) in [5.41, 5.74) is 4.64. The Kier molecular flexibility index (Phi) is 6.63. The molecule has 2 unspecified atom stereocenters. The molecule has 2 aromatic rings. The lowest BCUT2D eigenvalue weighted by atomic mass is 9.77. The molecule has 3 aliphatic rings. The summed E-state index contributed by atoms with van der Waals surface area (Å²) in [5.74, 6) is -0.0693. The lowest BCUT2D eigenvalue weighted by molar-refractivity contribution is -0.00773. The fraction of sp³-hybridized carbons (Fsp3) is 0.630. The largest absolute Gasteiger partial charge is 0.368 e. The van der Waals surface area contributed by atoms with Crippen LogP contribution < -0.4 is 22.1 Å². The summed E-state index contributed by atoms with van der Waals surface area (Å²) in [7, 11) is 3.63. The second-order valence-corrected chi connectivity index (χ2v) is 12.7. The molecule has 1 saturated heterocycles. The van der Waals surface area contributed by atoms with Crippen molar-refractivity contribution in [2.24, 2.45) is 18.7 Å². The summed E-state index contributed by atoms with van der Waals surface area (Å²) in [6, 6.07) is -0.908. The van der Waals surface area contributed by atoms with Gasteiger partial charge in [0, 0.05) is 30.4 Å². The number of likely N-dealkylation sites (tertiary alicyclic amines) is 1. The number of aryl methyl sites for hydroxylation is 1. The van der Waals surface area contributed by atoms with Crippen LogP contribution in [0, 0.1) is 5.92 Å². The van der Waals surface area contributed by atoms with Gasteiger partial charge in [-0.1, -0.05) is 0 Å². The molecule has 216 valence electrons. The van der Waals surface area contributed by atoms with Crippen LogP contribution in [-0.4, -0.2) is 76.4 Å². The molecule has 2 aliphatic carbocycles. The molecule has 4 N–H and O–H groups in total. The van der Waals surface area contributed by atoms with E-state index in [1.807, 2.05) is 0 Å². The molecular weight excluding hydrogens is 515 g/mol. The van der Waals surface area contributed by atoms with E-state index in [-0.39, 0.29) is 34.5 Å². The van der Waals surface area contributed by atoms with Gasteiger partial charge in [0.15, 0.2) is 5.67 Å². The number of rotatable bonds is 7. The summed E-state index contributed by atoms with van der Waals surface area (Å²) in [5, 5.41) is 14.3. The number of tetrazole rings is 1. The fourth-order valence-corrected chi connectivity index (χ4v) is 5.99. The number of hydrogen-bond acceptors (Lipinski definition) is 9. The molecule has 2 atom stereocenters. The number of primary amides is 1. The van der Waals surface area contributed by atoms with E-state index in [9.17, 15) is 9.59 Å². The van der Waals surface area contributed by atoms with Crippen molar-refractivity contribution in [1.82, 2.24) is 34.7 Å². The molecule has 1 aliphatic heterocycles. The number of carbonyl (C=O) groups excluding carboxylic acids is 1. The minimum atomic E-state index is -1.81. The third-order valence-electron chi connectivity index (χ3n) is 8.62. The quantitative estimate of drug-likeness (QED) is 0.469. The first-order chi connectivity index (χ1) is 18.6. The summed E-state index contributed by atoms with van der Waals surface area (Å²) in [6.07, 6.45) is 8.02. The number of hydrogen-bond donors (Lipinski definition) is 3. The zero-order valence-electron chi connectivity index (χ0n) is 24.2. The molecule has 2 fully saturated rings. The van der Waals surface area contributed by atoms with Crippen LogP contribution in [0.5, 0.6) is 0 Å². The Hall–Kier alpha value is -3.61. The van der Waals surface area contributed by atoms with Crippen LogP contribution in [-0.2, 0) is 7.05 Å². The molecule has 12 nitrogen and oxygen atoms in total. The van der Waals surface area contributed by atoms with Gasteiger partial charge in [-0.25, -0.2) is 14.2 Å². The zero-order valence-corrected chi connectivity index (χ0v) is 24.2. The molecule has 5 rings (SSSR count). The van der Waals surface area contributed by atoms with Gasteiger partial charge < -0.3 is 16.4 Å². The highest BCUT2D eigenvalue weighted by Crippen LogP contribution is 2.45. The van der Waals surface area contributed by atoms with Gasteiger partial charge in [0.2, 0.25) is 5.95 Å². The average Bonchev–Trinajstić information content (AvgIpc) is 3.64. The Balaban J connectivity index is 1.46. The van der Waals surface area contributed by atoms with E-state index < -0.39 is 23.3 Å². The third-order valence-corrected chi connectivity index (χ3v) is 8.62. The number of halogens is 1. The number of piperidine rings is 1. The number of aromatic nitrogens is 6. The number of nitrogens with two attached hydrogens (primary N) is 1. The molecule has 3 heterocycles. The number of anilines is 2. The van der Waals surface area contributed by atoms with Crippen molar-refractivity contribution in [3.8, 4) is 0 Å². The topological polar surface area (TPSA) is 149 Å². The first-order valence-electron chi connectivity index (χ1n) is 13.7. The number of allylic oxidation sites excluding steroid dienone is 2. The van der Waals surface area contributed by atoms with Crippen molar-refractivity contribution < 1.29 is 9.18 Å². The molecule has 0 aromatic carbocycles. The summed E-state index contributed by atoms with van der Waals surface area (Å²) in [6.45, 7) is 10.2. The second-order valence-electron chi connectivity index (χ2n) is 12.7. The maximum Gasteiger partial charge on any atom is 0.368 e. The fourth-order valence-electron chi connectivity index (χ4n) is 5.99. The van der Waals surface area contributed by atoms with Gasteiger partial charge in [0.1, 0.15) is 5.82 Å². The van der Waals surface area contributed by atoms with E-state index >= 15 is 4.39 Å². The lowest BCUT2D eigenvalue weighted by Crippen LogP contribution is -2.61. The SMILES string of the molecule is CN1C(C)(C)CC(Nc2nc(NC3C=C(n4nnn(C)c4=O)C(C4CC4)=CC3(C)F)ncc2C(N)=O)CC1(C)C. The highest BCUT2D eigenvalue weighted by Gasteiger charge is 2.44. The third kappa shape index (κ3) is 5.14. The van der Waals surface area contributed by atoms with E-state index in [2.05, 4.69) is 70.7 Å². The van der Waals surface area contributed by atoms with E-state index in [0.717, 1.165) is 35.9 Å². The highest BCUT2D eigenvalue weighted by molar-refractivity contribution is 5.97. The normalized spacial score (nSPS) is 26.6. The van der Waals surface area contributed by atoms with Crippen LogP contribution in [0.25, 0.3) is 5.70 Å².